The maximum absolute atomic E-state index is 12.4. The Kier molecular flexibility index (Phi) is 6.78. The van der Waals surface area contributed by atoms with Gasteiger partial charge in [-0.1, -0.05) is 24.6 Å². The molecule has 0 bridgehead atoms. The van der Waals surface area contributed by atoms with Gasteiger partial charge in [-0.25, -0.2) is 9.97 Å². The molecule has 1 aliphatic carbocycles. The highest BCUT2D eigenvalue weighted by atomic mass is 19.4. The van der Waals surface area contributed by atoms with E-state index in [1.807, 2.05) is 0 Å². The predicted octanol–water partition coefficient (Wildman–Crippen LogP) is 4.56. The van der Waals surface area contributed by atoms with Crippen molar-refractivity contribution >= 4 is 6.08 Å². The van der Waals surface area contributed by atoms with Gasteiger partial charge in [-0.15, -0.1) is 0 Å². The van der Waals surface area contributed by atoms with Crippen LogP contribution in [-0.4, -0.2) is 26.2 Å². The zero-order valence-electron chi connectivity index (χ0n) is 15.6. The van der Waals surface area contributed by atoms with E-state index >= 15 is 0 Å². The summed E-state index contributed by atoms with van der Waals surface area (Å²) in [5.74, 6) is -1.17. The van der Waals surface area contributed by atoms with Crippen LogP contribution in [0.25, 0.3) is 6.08 Å². The van der Waals surface area contributed by atoms with Crippen molar-refractivity contribution < 1.29 is 18.3 Å². The van der Waals surface area contributed by atoms with Crippen LogP contribution < -0.4 is 0 Å². The summed E-state index contributed by atoms with van der Waals surface area (Å²) < 4.78 is 37.3. The quantitative estimate of drug-likeness (QED) is 0.703. The number of aromatic nitrogens is 3. The molecule has 0 saturated heterocycles. The average molecular weight is 391 g/mol. The van der Waals surface area contributed by atoms with Crippen molar-refractivity contribution in [1.29, 1.82) is 0 Å². The van der Waals surface area contributed by atoms with Crippen molar-refractivity contribution in [2.24, 2.45) is 0 Å². The molecule has 0 spiro atoms. The van der Waals surface area contributed by atoms with Crippen molar-refractivity contribution in [2.75, 3.05) is 0 Å². The number of fused-ring (bicyclic) bond motifs is 1. The number of aliphatic hydroxyl groups excluding tert-OH is 1. The number of halogens is 3. The third-order valence-electron chi connectivity index (χ3n) is 4.85. The molecule has 0 saturated carbocycles. The van der Waals surface area contributed by atoms with Crippen LogP contribution in [0.5, 0.6) is 0 Å². The summed E-state index contributed by atoms with van der Waals surface area (Å²) in [6, 6.07) is 4.30. The molecule has 0 aliphatic heterocycles. The molecule has 2 heterocycles. The molecule has 1 atom stereocenters. The smallest absolute Gasteiger partial charge is 0.389 e. The number of rotatable bonds is 7. The van der Waals surface area contributed by atoms with E-state index in [4.69, 9.17) is 4.98 Å². The molecule has 0 fully saturated rings. The minimum absolute atomic E-state index is 0.422. The molecule has 4 nitrogen and oxygen atoms in total. The molecule has 7 heteroatoms. The Bertz CT molecular complexity index is 804. The Morgan fingerprint density at radius 3 is 2.57 bits per heavy atom. The van der Waals surface area contributed by atoms with E-state index in [9.17, 15) is 18.3 Å². The Balaban J connectivity index is 1.41. The minimum Gasteiger partial charge on any atom is -0.389 e. The lowest BCUT2D eigenvalue weighted by Crippen LogP contribution is -2.10. The van der Waals surface area contributed by atoms with Gasteiger partial charge in [0.05, 0.1) is 6.10 Å². The summed E-state index contributed by atoms with van der Waals surface area (Å²) in [6.45, 7) is 0. The maximum Gasteiger partial charge on any atom is 0.451 e. The predicted molar refractivity (Wildman–Crippen MR) is 101 cm³/mol. The van der Waals surface area contributed by atoms with Crippen molar-refractivity contribution in [2.45, 2.75) is 63.6 Å². The van der Waals surface area contributed by atoms with E-state index in [0.717, 1.165) is 50.2 Å². The molecule has 150 valence electrons. The fourth-order valence-electron chi connectivity index (χ4n) is 3.32. The number of nitrogens with zero attached hydrogens (tertiary/aromatic N) is 3. The minimum atomic E-state index is -4.55. The summed E-state index contributed by atoms with van der Waals surface area (Å²) >= 11 is 0. The molecule has 0 radical (unpaired) electrons. The van der Waals surface area contributed by atoms with E-state index in [0.29, 0.717) is 12.0 Å². The van der Waals surface area contributed by atoms with Crippen molar-refractivity contribution in [3.63, 3.8) is 0 Å². The fraction of sp³-hybridized carbons (Fsp3) is 0.476. The monoisotopic (exact) mass is 391 g/mol. The molecule has 0 aromatic carbocycles. The van der Waals surface area contributed by atoms with Crippen LogP contribution in [0.4, 0.5) is 13.2 Å². The Morgan fingerprint density at radius 1 is 1.07 bits per heavy atom. The second kappa shape index (κ2) is 9.28. The van der Waals surface area contributed by atoms with Crippen LogP contribution in [0, 0.1) is 0 Å². The summed E-state index contributed by atoms with van der Waals surface area (Å²) in [5.41, 5.74) is 4.14. The SMILES string of the molecule is OC(/C=C/c1cnc(C(F)(F)F)nc1)CCCCc1ccc2c(n1)CCCC2. The van der Waals surface area contributed by atoms with Gasteiger partial charge in [-0.2, -0.15) is 13.2 Å². The van der Waals surface area contributed by atoms with E-state index in [1.165, 1.54) is 30.2 Å². The molecule has 2 aromatic heterocycles. The Labute approximate surface area is 162 Å². The number of hydrogen-bond donors (Lipinski definition) is 1. The van der Waals surface area contributed by atoms with Crippen LogP contribution in [0.15, 0.2) is 30.6 Å². The first-order valence-electron chi connectivity index (χ1n) is 9.65. The number of aryl methyl sites for hydroxylation is 3. The van der Waals surface area contributed by atoms with Crippen LogP contribution in [0.2, 0.25) is 0 Å². The first-order chi connectivity index (χ1) is 13.4. The number of hydrogen-bond acceptors (Lipinski definition) is 4. The van der Waals surface area contributed by atoms with Gasteiger partial charge in [0.15, 0.2) is 0 Å². The molecule has 28 heavy (non-hydrogen) atoms. The number of pyridine rings is 1. The molecule has 1 unspecified atom stereocenters. The molecule has 0 amide bonds. The standard InChI is InChI=1S/C21H24F3N3O/c22-21(23,24)20-25-13-15(14-26-20)9-12-18(28)7-3-2-6-17-11-10-16-5-1-4-8-19(16)27-17/h9-14,18,28H,1-8H2/b12-9+. The largest absolute Gasteiger partial charge is 0.451 e. The maximum atomic E-state index is 12.4. The van der Waals surface area contributed by atoms with Gasteiger partial charge < -0.3 is 5.11 Å². The fourth-order valence-corrected chi connectivity index (χ4v) is 3.32. The lowest BCUT2D eigenvalue weighted by atomic mass is 9.95. The van der Waals surface area contributed by atoms with Crippen LogP contribution >= 0.6 is 0 Å². The normalized spacial score (nSPS) is 15.6. The second-order valence-corrected chi connectivity index (χ2v) is 7.13. The van der Waals surface area contributed by atoms with Gasteiger partial charge in [0, 0.05) is 29.3 Å². The number of alkyl halides is 3. The van der Waals surface area contributed by atoms with Crippen LogP contribution in [-0.2, 0) is 25.4 Å². The summed E-state index contributed by atoms with van der Waals surface area (Å²) in [4.78, 5) is 11.3. The third kappa shape index (κ3) is 5.86. The third-order valence-corrected chi connectivity index (χ3v) is 4.85. The van der Waals surface area contributed by atoms with Crippen LogP contribution in [0.3, 0.4) is 0 Å². The highest BCUT2D eigenvalue weighted by Gasteiger charge is 2.34. The lowest BCUT2D eigenvalue weighted by Gasteiger charge is -2.15. The lowest BCUT2D eigenvalue weighted by molar-refractivity contribution is -0.145. The zero-order chi connectivity index (χ0) is 20.0. The van der Waals surface area contributed by atoms with E-state index in [-0.39, 0.29) is 0 Å². The van der Waals surface area contributed by atoms with Gasteiger partial charge in [-0.3, -0.25) is 4.98 Å². The molecule has 3 rings (SSSR count). The van der Waals surface area contributed by atoms with E-state index < -0.39 is 18.1 Å². The van der Waals surface area contributed by atoms with Gasteiger partial charge in [0.2, 0.25) is 5.82 Å². The molecular weight excluding hydrogens is 367 g/mol. The van der Waals surface area contributed by atoms with Gasteiger partial charge in [0.1, 0.15) is 0 Å². The molecular formula is C21H24F3N3O. The Hall–Kier alpha value is -2.28. The number of aliphatic hydroxyl groups is 1. The molecule has 1 N–H and O–H groups in total. The van der Waals surface area contributed by atoms with Crippen molar-refractivity contribution in [1.82, 2.24) is 15.0 Å². The topological polar surface area (TPSA) is 58.9 Å². The van der Waals surface area contributed by atoms with E-state index in [1.54, 1.807) is 6.08 Å². The molecule has 2 aromatic rings. The van der Waals surface area contributed by atoms with Gasteiger partial charge in [0.25, 0.3) is 0 Å². The summed E-state index contributed by atoms with van der Waals surface area (Å²) in [6.07, 6.45) is 8.00. The van der Waals surface area contributed by atoms with Crippen molar-refractivity contribution in [3.8, 4) is 0 Å². The van der Waals surface area contributed by atoms with Gasteiger partial charge >= 0.3 is 6.18 Å². The van der Waals surface area contributed by atoms with Crippen molar-refractivity contribution in [3.05, 3.63) is 58.9 Å². The average Bonchev–Trinajstić information content (AvgIpc) is 2.69. The Morgan fingerprint density at radius 2 is 1.82 bits per heavy atom. The first-order valence-corrected chi connectivity index (χ1v) is 9.65. The van der Waals surface area contributed by atoms with Crippen LogP contribution in [0.1, 0.15) is 60.4 Å². The summed E-state index contributed by atoms with van der Waals surface area (Å²) in [5, 5.41) is 10.0. The number of unbranched alkanes of at least 4 members (excludes halogenated alkanes) is 1. The zero-order valence-corrected chi connectivity index (χ0v) is 15.6. The highest BCUT2D eigenvalue weighted by molar-refractivity contribution is 5.47. The second-order valence-electron chi connectivity index (χ2n) is 7.13. The highest BCUT2D eigenvalue weighted by Crippen LogP contribution is 2.25. The van der Waals surface area contributed by atoms with E-state index in [2.05, 4.69) is 22.1 Å². The molecule has 1 aliphatic rings. The van der Waals surface area contributed by atoms with Gasteiger partial charge in [-0.05, 0) is 56.6 Å². The summed E-state index contributed by atoms with van der Waals surface area (Å²) in [7, 11) is 0. The first kappa shape index (κ1) is 20.5.